The van der Waals surface area contributed by atoms with Crippen LogP contribution in [0.2, 0.25) is 0 Å². The Hall–Kier alpha value is -3.39. The number of hydrogen-bond acceptors (Lipinski definition) is 7. The summed E-state index contributed by atoms with van der Waals surface area (Å²) in [4.78, 5) is 20.2. The van der Waals surface area contributed by atoms with E-state index in [0.29, 0.717) is 30.3 Å². The number of carbonyl (C=O) groups excluding carboxylic acids is 1. The van der Waals surface area contributed by atoms with Gasteiger partial charge in [-0.2, -0.15) is 0 Å². The summed E-state index contributed by atoms with van der Waals surface area (Å²) in [6.45, 7) is 13.3. The van der Waals surface area contributed by atoms with Crippen molar-refractivity contribution in [3.05, 3.63) is 77.4 Å². The Bertz CT molecular complexity index is 1600. The van der Waals surface area contributed by atoms with Crippen molar-refractivity contribution in [1.82, 2.24) is 9.80 Å². The second kappa shape index (κ2) is 13.3. The fourth-order valence-corrected chi connectivity index (χ4v) is 7.68. The number of carbonyl (C=O) groups is 1. The van der Waals surface area contributed by atoms with E-state index < -0.39 is 0 Å². The molecule has 2 fully saturated rings. The second-order valence-corrected chi connectivity index (χ2v) is 13.8. The van der Waals surface area contributed by atoms with E-state index in [2.05, 4.69) is 60.9 Å². The molecule has 0 aliphatic carbocycles. The first-order chi connectivity index (χ1) is 21.3. The predicted molar refractivity (Wildman–Crippen MR) is 180 cm³/mol. The lowest BCUT2D eigenvalue weighted by Crippen LogP contribution is -2.46. The monoisotopic (exact) mass is 612 g/mol. The molecule has 6 rings (SSSR count). The average Bonchev–Trinajstić information content (AvgIpc) is 3.82. The highest BCUT2D eigenvalue weighted by atomic mass is 32.1. The van der Waals surface area contributed by atoms with Crippen LogP contribution in [0, 0.1) is 6.92 Å². The van der Waals surface area contributed by atoms with Gasteiger partial charge in [-0.05, 0) is 132 Å². The number of hydrogen-bond donors (Lipinski definition) is 0. The number of likely N-dealkylation sites (tertiary alicyclic amines) is 2. The van der Waals surface area contributed by atoms with E-state index in [9.17, 15) is 4.79 Å². The first kappa shape index (κ1) is 30.6. The maximum Gasteiger partial charge on any atom is 0.195 e. The SMILES string of the molecule is COc1cc(C(=O)c2c(-c3ccc(OCCN4CCCC4)cc3)sc3cc(C)ccc23)ccc1OCC(C)(C)N1CCCC1. The van der Waals surface area contributed by atoms with E-state index in [-0.39, 0.29) is 11.3 Å². The van der Waals surface area contributed by atoms with Crippen molar-refractivity contribution in [1.29, 1.82) is 0 Å². The fraction of sp³-hybridized carbons (Fsp3) is 0.432. The predicted octanol–water partition coefficient (Wildman–Crippen LogP) is 7.84. The van der Waals surface area contributed by atoms with Crippen LogP contribution in [0.5, 0.6) is 17.2 Å². The molecular weight excluding hydrogens is 568 g/mol. The topological polar surface area (TPSA) is 51.2 Å². The third-order valence-corrected chi connectivity index (χ3v) is 10.2. The van der Waals surface area contributed by atoms with Crippen molar-refractivity contribution < 1.29 is 19.0 Å². The Morgan fingerprint density at radius 2 is 1.59 bits per heavy atom. The summed E-state index contributed by atoms with van der Waals surface area (Å²) in [5.41, 5.74) is 3.41. The van der Waals surface area contributed by atoms with Crippen LogP contribution in [-0.2, 0) is 0 Å². The molecule has 0 amide bonds. The molecule has 0 unspecified atom stereocenters. The quantitative estimate of drug-likeness (QED) is 0.152. The van der Waals surface area contributed by atoms with E-state index in [4.69, 9.17) is 14.2 Å². The van der Waals surface area contributed by atoms with Gasteiger partial charge in [-0.25, -0.2) is 0 Å². The molecule has 1 aromatic heterocycles. The number of benzene rings is 3. The first-order valence-electron chi connectivity index (χ1n) is 15.9. The molecule has 44 heavy (non-hydrogen) atoms. The summed E-state index contributed by atoms with van der Waals surface area (Å²) in [5.74, 6) is 2.05. The number of nitrogens with zero attached hydrogens (tertiary/aromatic N) is 2. The molecule has 0 atom stereocenters. The summed E-state index contributed by atoms with van der Waals surface area (Å²) >= 11 is 1.66. The molecule has 0 bridgehead atoms. The average molecular weight is 613 g/mol. The van der Waals surface area contributed by atoms with Gasteiger partial charge in [0.1, 0.15) is 19.0 Å². The maximum absolute atomic E-state index is 14.3. The number of ether oxygens (including phenoxy) is 3. The molecule has 3 aromatic carbocycles. The normalized spacial score (nSPS) is 16.1. The molecule has 2 aliphatic rings. The van der Waals surface area contributed by atoms with Gasteiger partial charge >= 0.3 is 0 Å². The molecule has 0 spiro atoms. The Morgan fingerprint density at radius 3 is 2.32 bits per heavy atom. The summed E-state index contributed by atoms with van der Waals surface area (Å²) in [5, 5.41) is 0.971. The third-order valence-electron chi connectivity index (χ3n) is 9.03. The summed E-state index contributed by atoms with van der Waals surface area (Å²) < 4.78 is 19.2. The highest BCUT2D eigenvalue weighted by Crippen LogP contribution is 2.41. The fourth-order valence-electron chi connectivity index (χ4n) is 6.37. The highest BCUT2D eigenvalue weighted by Gasteiger charge is 2.30. The maximum atomic E-state index is 14.3. The van der Waals surface area contributed by atoms with Crippen molar-refractivity contribution >= 4 is 27.2 Å². The highest BCUT2D eigenvalue weighted by molar-refractivity contribution is 7.22. The number of aryl methyl sites for hydroxylation is 1. The molecular formula is C37H44N2O4S. The first-order valence-corrected chi connectivity index (χ1v) is 16.7. The van der Waals surface area contributed by atoms with Crippen LogP contribution in [0.3, 0.4) is 0 Å². The molecule has 6 nitrogen and oxygen atoms in total. The van der Waals surface area contributed by atoms with Crippen molar-refractivity contribution in [3.8, 4) is 27.7 Å². The smallest absolute Gasteiger partial charge is 0.195 e. The van der Waals surface area contributed by atoms with Crippen molar-refractivity contribution in [2.45, 2.75) is 52.0 Å². The molecule has 0 radical (unpaired) electrons. The number of ketones is 1. The molecule has 3 heterocycles. The number of thiophene rings is 1. The molecule has 2 aliphatic heterocycles. The van der Waals surface area contributed by atoms with Crippen molar-refractivity contribution in [2.75, 3.05) is 53.0 Å². The number of rotatable bonds is 12. The van der Waals surface area contributed by atoms with Gasteiger partial charge in [-0.1, -0.05) is 12.1 Å². The molecule has 7 heteroatoms. The van der Waals surface area contributed by atoms with Gasteiger partial charge in [0, 0.05) is 38.2 Å². The Morgan fingerprint density at radius 1 is 0.864 bits per heavy atom. The van der Waals surface area contributed by atoms with E-state index in [1.807, 2.05) is 30.3 Å². The lowest BCUT2D eigenvalue weighted by atomic mass is 9.97. The number of methoxy groups -OCH3 is 1. The second-order valence-electron chi connectivity index (χ2n) is 12.7. The van der Waals surface area contributed by atoms with Crippen LogP contribution < -0.4 is 14.2 Å². The zero-order chi connectivity index (χ0) is 30.7. The van der Waals surface area contributed by atoms with Crippen molar-refractivity contribution in [2.24, 2.45) is 0 Å². The Kier molecular flexibility index (Phi) is 9.26. The van der Waals surface area contributed by atoms with Crippen LogP contribution in [0.25, 0.3) is 20.5 Å². The number of fused-ring (bicyclic) bond motifs is 1. The van der Waals surface area contributed by atoms with Gasteiger partial charge in [0.15, 0.2) is 17.3 Å². The van der Waals surface area contributed by atoms with Crippen LogP contribution in [-0.4, -0.2) is 74.2 Å². The minimum atomic E-state index is -0.0763. The molecule has 0 N–H and O–H groups in total. The molecule has 4 aromatic rings. The zero-order valence-electron chi connectivity index (χ0n) is 26.5. The van der Waals surface area contributed by atoms with E-state index in [1.165, 1.54) is 44.3 Å². The van der Waals surface area contributed by atoms with Crippen LogP contribution in [0.15, 0.2) is 60.7 Å². The Labute approximate surface area is 265 Å². The van der Waals surface area contributed by atoms with Gasteiger partial charge in [-0.15, -0.1) is 11.3 Å². The molecule has 232 valence electrons. The van der Waals surface area contributed by atoms with Crippen LogP contribution in [0.4, 0.5) is 0 Å². The van der Waals surface area contributed by atoms with E-state index in [0.717, 1.165) is 51.5 Å². The van der Waals surface area contributed by atoms with Gasteiger partial charge < -0.3 is 14.2 Å². The van der Waals surface area contributed by atoms with Gasteiger partial charge in [0.05, 0.1) is 7.11 Å². The van der Waals surface area contributed by atoms with Crippen LogP contribution in [0.1, 0.15) is 61.0 Å². The third kappa shape index (κ3) is 6.65. The standard InChI is InChI=1S/C37H44N2O4S/c1-26-9-15-30-33(23-26)44-36(27-10-13-29(14-11-27)42-22-21-38-17-5-6-18-38)34(30)35(40)28-12-16-31(32(24-28)41-4)43-25-37(2,3)39-19-7-8-20-39/h9-16,23-24H,5-8,17-22,25H2,1-4H3. The Balaban J connectivity index is 1.24. The van der Waals surface area contributed by atoms with E-state index in [1.54, 1.807) is 18.4 Å². The summed E-state index contributed by atoms with van der Waals surface area (Å²) in [6.07, 6.45) is 5.04. The lowest BCUT2D eigenvalue weighted by molar-refractivity contribution is 0.0878. The molecule has 0 saturated carbocycles. The summed E-state index contributed by atoms with van der Waals surface area (Å²) in [6, 6.07) is 20.0. The largest absolute Gasteiger partial charge is 0.493 e. The van der Waals surface area contributed by atoms with E-state index >= 15 is 0 Å². The zero-order valence-corrected chi connectivity index (χ0v) is 27.3. The van der Waals surface area contributed by atoms with Gasteiger partial charge in [0.25, 0.3) is 0 Å². The van der Waals surface area contributed by atoms with Crippen LogP contribution >= 0.6 is 11.3 Å². The van der Waals surface area contributed by atoms with Gasteiger partial charge in [-0.3, -0.25) is 14.6 Å². The summed E-state index contributed by atoms with van der Waals surface area (Å²) in [7, 11) is 1.63. The molecule has 2 saturated heterocycles. The lowest BCUT2D eigenvalue weighted by Gasteiger charge is -2.35. The van der Waals surface area contributed by atoms with Crippen molar-refractivity contribution in [3.63, 3.8) is 0 Å². The van der Waals surface area contributed by atoms with Gasteiger partial charge in [0.2, 0.25) is 0 Å². The minimum absolute atomic E-state index is 0.0247. The minimum Gasteiger partial charge on any atom is -0.493 e.